The highest BCUT2D eigenvalue weighted by atomic mass is 35.5. The number of aromatic nitrogens is 3. The molecule has 3 aromatic rings. The summed E-state index contributed by atoms with van der Waals surface area (Å²) in [7, 11) is 1.55. The maximum absolute atomic E-state index is 13.1. The Labute approximate surface area is 176 Å². The van der Waals surface area contributed by atoms with Gasteiger partial charge in [0.2, 0.25) is 11.9 Å². The number of carbonyl (C=O) groups excluding carboxylic acids is 1. The summed E-state index contributed by atoms with van der Waals surface area (Å²) in [5, 5.41) is 7.68. The van der Waals surface area contributed by atoms with Gasteiger partial charge in [0.05, 0.1) is 19.3 Å². The van der Waals surface area contributed by atoms with Crippen molar-refractivity contribution < 1.29 is 9.53 Å². The van der Waals surface area contributed by atoms with Crippen LogP contribution >= 0.6 is 11.6 Å². The first kappa shape index (κ1) is 18.4. The minimum atomic E-state index is -0.416. The lowest BCUT2D eigenvalue weighted by Crippen LogP contribution is -2.37. The van der Waals surface area contributed by atoms with Crippen LogP contribution in [-0.2, 0) is 11.3 Å². The predicted molar refractivity (Wildman–Crippen MR) is 113 cm³/mol. The summed E-state index contributed by atoms with van der Waals surface area (Å²) >= 11 is 6.17. The third kappa shape index (κ3) is 2.94. The largest absolute Gasteiger partial charge is 0.497 e. The third-order valence-corrected chi connectivity index (χ3v) is 5.23. The molecule has 0 aliphatic carbocycles. The number of halogens is 1. The van der Waals surface area contributed by atoms with Crippen molar-refractivity contribution in [3.63, 3.8) is 0 Å². The van der Waals surface area contributed by atoms with Crippen molar-refractivity contribution in [3.05, 3.63) is 63.5 Å². The molecule has 2 aliphatic rings. The molecule has 30 heavy (non-hydrogen) atoms. The Balaban J connectivity index is 1.49. The topological polar surface area (TPSA) is 93.8 Å². The van der Waals surface area contributed by atoms with Crippen LogP contribution in [0.15, 0.2) is 52.3 Å². The standard InChI is InChI=1S/C20H17ClN6O3/c1-30-14-4-2-3-13(10-14)23-17(28)11-26-20(29)27-16-9-12(21)5-6-15(16)18-22-7-8-25(18)19(27)24-26/h2-6,9-10H,7-8,11H2,1H3,(H,23,28). The zero-order chi connectivity index (χ0) is 20.8. The molecule has 0 fully saturated rings. The number of methoxy groups -OCH3 is 1. The average Bonchev–Trinajstić information content (AvgIpc) is 3.34. The molecule has 152 valence electrons. The second kappa shape index (κ2) is 7.03. The number of hydrogen-bond acceptors (Lipinski definition) is 6. The predicted octanol–water partition coefficient (Wildman–Crippen LogP) is 1.91. The maximum atomic E-state index is 13.1. The number of fused-ring (bicyclic) bond motifs is 6. The average molecular weight is 425 g/mol. The van der Waals surface area contributed by atoms with E-state index in [0.717, 1.165) is 16.1 Å². The van der Waals surface area contributed by atoms with E-state index in [1.807, 2.05) is 11.0 Å². The number of nitrogens with zero attached hydrogens (tertiary/aromatic N) is 5. The molecule has 1 N–H and O–H groups in total. The first-order valence-electron chi connectivity index (χ1n) is 9.31. The van der Waals surface area contributed by atoms with Crippen LogP contribution in [0.25, 0.3) is 5.69 Å². The smallest absolute Gasteiger partial charge is 0.352 e. The second-order valence-electron chi connectivity index (χ2n) is 6.87. The molecular weight excluding hydrogens is 408 g/mol. The first-order chi connectivity index (χ1) is 14.5. The van der Waals surface area contributed by atoms with Crippen molar-refractivity contribution in [1.82, 2.24) is 14.3 Å². The van der Waals surface area contributed by atoms with Gasteiger partial charge < -0.3 is 10.1 Å². The number of nitrogens with one attached hydrogen (secondary N) is 1. The molecule has 1 aromatic heterocycles. The Morgan fingerprint density at radius 3 is 2.97 bits per heavy atom. The minimum Gasteiger partial charge on any atom is -0.497 e. The third-order valence-electron chi connectivity index (χ3n) is 4.99. The highest BCUT2D eigenvalue weighted by Crippen LogP contribution is 2.31. The summed E-state index contributed by atoms with van der Waals surface area (Å²) in [6.45, 7) is 0.991. The molecular formula is C20H17ClN6O3. The van der Waals surface area contributed by atoms with Gasteiger partial charge in [0.25, 0.3) is 0 Å². The molecule has 0 unspecified atom stereocenters. The van der Waals surface area contributed by atoms with Crippen LogP contribution in [-0.4, -0.2) is 46.3 Å². The van der Waals surface area contributed by atoms with E-state index in [2.05, 4.69) is 15.4 Å². The number of ether oxygens (including phenoxy) is 1. The van der Waals surface area contributed by atoms with Crippen LogP contribution in [0.2, 0.25) is 5.02 Å². The van der Waals surface area contributed by atoms with Crippen LogP contribution in [0.3, 0.4) is 0 Å². The molecule has 1 amide bonds. The quantitative estimate of drug-likeness (QED) is 0.690. The number of amidine groups is 1. The van der Waals surface area contributed by atoms with Gasteiger partial charge in [-0.05, 0) is 30.3 Å². The van der Waals surface area contributed by atoms with E-state index in [1.54, 1.807) is 43.5 Å². The summed E-state index contributed by atoms with van der Waals surface area (Å²) in [6, 6.07) is 12.3. The second-order valence-corrected chi connectivity index (χ2v) is 7.31. The summed E-state index contributed by atoms with van der Waals surface area (Å²) < 4.78 is 7.79. The number of rotatable bonds is 4. The van der Waals surface area contributed by atoms with Crippen molar-refractivity contribution in [1.29, 1.82) is 0 Å². The van der Waals surface area contributed by atoms with Gasteiger partial charge in [-0.2, -0.15) is 0 Å². The first-order valence-corrected chi connectivity index (χ1v) is 9.69. The van der Waals surface area contributed by atoms with Gasteiger partial charge in [-0.3, -0.25) is 14.7 Å². The van der Waals surface area contributed by atoms with E-state index in [-0.39, 0.29) is 12.5 Å². The van der Waals surface area contributed by atoms with E-state index in [0.29, 0.717) is 41.2 Å². The molecule has 0 atom stereocenters. The van der Waals surface area contributed by atoms with Crippen molar-refractivity contribution in [2.24, 2.45) is 4.99 Å². The number of benzene rings is 2. The van der Waals surface area contributed by atoms with Crippen LogP contribution in [0.5, 0.6) is 5.75 Å². The Hall–Kier alpha value is -3.59. The number of aliphatic imine (C=N–C) groups is 1. The van der Waals surface area contributed by atoms with Gasteiger partial charge >= 0.3 is 5.69 Å². The molecule has 0 bridgehead atoms. The molecule has 3 heterocycles. The molecule has 0 spiro atoms. The van der Waals surface area contributed by atoms with Gasteiger partial charge in [0, 0.05) is 28.9 Å². The fraction of sp³-hybridized carbons (Fsp3) is 0.200. The van der Waals surface area contributed by atoms with Gasteiger partial charge in [-0.1, -0.05) is 17.7 Å². The lowest BCUT2D eigenvalue weighted by molar-refractivity contribution is -0.117. The van der Waals surface area contributed by atoms with Gasteiger partial charge in [0.15, 0.2) is 0 Å². The summed E-state index contributed by atoms with van der Waals surface area (Å²) in [5.74, 6) is 1.44. The maximum Gasteiger partial charge on any atom is 0.352 e. The Morgan fingerprint density at radius 1 is 1.27 bits per heavy atom. The van der Waals surface area contributed by atoms with Crippen LogP contribution in [0.1, 0.15) is 5.56 Å². The van der Waals surface area contributed by atoms with Crippen molar-refractivity contribution in [2.75, 3.05) is 30.4 Å². The highest BCUT2D eigenvalue weighted by molar-refractivity contribution is 6.31. The number of hydrogen-bond donors (Lipinski definition) is 1. The molecule has 9 nitrogen and oxygen atoms in total. The van der Waals surface area contributed by atoms with Crippen molar-refractivity contribution in [2.45, 2.75) is 6.54 Å². The Morgan fingerprint density at radius 2 is 2.13 bits per heavy atom. The van der Waals surface area contributed by atoms with Gasteiger partial charge in [0.1, 0.15) is 18.1 Å². The zero-order valence-electron chi connectivity index (χ0n) is 16.0. The van der Waals surface area contributed by atoms with Gasteiger partial charge in [-0.25, -0.2) is 14.0 Å². The highest BCUT2D eigenvalue weighted by Gasteiger charge is 2.34. The molecule has 0 saturated heterocycles. The number of anilines is 2. The SMILES string of the molecule is COc1cccc(NC(=O)Cn2nc3n(c2=O)-c2cc(Cl)ccc2C2=NCCN23)c1. The summed E-state index contributed by atoms with van der Waals surface area (Å²) in [4.78, 5) is 32.1. The van der Waals surface area contributed by atoms with E-state index < -0.39 is 5.69 Å². The monoisotopic (exact) mass is 424 g/mol. The van der Waals surface area contributed by atoms with E-state index >= 15 is 0 Å². The fourth-order valence-electron chi connectivity index (χ4n) is 3.67. The molecule has 10 heteroatoms. The summed E-state index contributed by atoms with van der Waals surface area (Å²) in [6.07, 6.45) is 0. The minimum absolute atomic E-state index is 0.230. The number of carbonyl (C=O) groups is 1. The summed E-state index contributed by atoms with van der Waals surface area (Å²) in [5.41, 5.74) is 1.58. The van der Waals surface area contributed by atoms with Crippen LogP contribution in [0.4, 0.5) is 11.6 Å². The Kier molecular flexibility index (Phi) is 4.32. The lowest BCUT2D eigenvalue weighted by Gasteiger charge is -2.26. The fourth-order valence-corrected chi connectivity index (χ4v) is 3.84. The normalized spacial score (nSPS) is 13.9. The van der Waals surface area contributed by atoms with Crippen LogP contribution in [0, 0.1) is 0 Å². The lowest BCUT2D eigenvalue weighted by atomic mass is 10.1. The van der Waals surface area contributed by atoms with E-state index in [1.165, 1.54) is 4.57 Å². The molecule has 2 aliphatic heterocycles. The zero-order valence-corrected chi connectivity index (χ0v) is 16.8. The molecule has 2 aromatic carbocycles. The van der Waals surface area contributed by atoms with Crippen molar-refractivity contribution >= 4 is 35.0 Å². The van der Waals surface area contributed by atoms with Crippen LogP contribution < -0.4 is 20.6 Å². The molecule has 0 radical (unpaired) electrons. The molecule has 0 saturated carbocycles. The van der Waals surface area contributed by atoms with Crippen molar-refractivity contribution in [3.8, 4) is 11.4 Å². The van der Waals surface area contributed by atoms with E-state index in [9.17, 15) is 9.59 Å². The van der Waals surface area contributed by atoms with E-state index in [4.69, 9.17) is 16.3 Å². The number of amides is 1. The molecule has 5 rings (SSSR count). The van der Waals surface area contributed by atoms with Gasteiger partial charge in [-0.15, -0.1) is 5.10 Å². The Bertz CT molecular complexity index is 1260.